The highest BCUT2D eigenvalue weighted by Gasteiger charge is 2.27. The molecule has 1 fully saturated rings. The van der Waals surface area contributed by atoms with Crippen molar-refractivity contribution in [3.8, 4) is 0 Å². The van der Waals surface area contributed by atoms with Crippen LogP contribution in [0.2, 0.25) is 0 Å². The molecule has 1 rings (SSSR count). The summed E-state index contributed by atoms with van der Waals surface area (Å²) in [5.41, 5.74) is 0. The van der Waals surface area contributed by atoms with E-state index in [2.05, 4.69) is 18.7 Å². The Bertz CT molecular complexity index is 185. The smallest absolute Gasteiger partial charge is 0.0586 e. The van der Waals surface area contributed by atoms with E-state index in [4.69, 9.17) is 9.84 Å². The minimum atomic E-state index is 0.295. The van der Waals surface area contributed by atoms with Crippen molar-refractivity contribution in [2.24, 2.45) is 0 Å². The summed E-state index contributed by atoms with van der Waals surface area (Å²) in [6.07, 6.45) is 6.23. The van der Waals surface area contributed by atoms with Crippen molar-refractivity contribution in [2.45, 2.75) is 64.1 Å². The molecule has 1 aliphatic rings. The van der Waals surface area contributed by atoms with Crippen LogP contribution in [0.5, 0.6) is 0 Å². The first-order valence-corrected chi connectivity index (χ1v) is 6.58. The summed E-state index contributed by atoms with van der Waals surface area (Å²) < 4.78 is 5.48. The van der Waals surface area contributed by atoms with Gasteiger partial charge in [-0.1, -0.05) is 0 Å². The van der Waals surface area contributed by atoms with E-state index in [1.807, 2.05) is 7.11 Å². The summed E-state index contributed by atoms with van der Waals surface area (Å²) in [6.45, 7) is 5.79. The third kappa shape index (κ3) is 4.04. The quantitative estimate of drug-likeness (QED) is 0.756. The summed E-state index contributed by atoms with van der Waals surface area (Å²) in [5.74, 6) is 0. The summed E-state index contributed by atoms with van der Waals surface area (Å²) >= 11 is 0. The zero-order valence-electron chi connectivity index (χ0n) is 11.0. The Morgan fingerprint density at radius 1 is 1.38 bits per heavy atom. The highest BCUT2D eigenvalue weighted by Crippen LogP contribution is 2.26. The van der Waals surface area contributed by atoms with Gasteiger partial charge >= 0.3 is 0 Å². The Morgan fingerprint density at radius 3 is 2.69 bits per heavy atom. The number of hydrogen-bond donors (Lipinski definition) is 1. The summed E-state index contributed by atoms with van der Waals surface area (Å²) in [5, 5.41) is 8.94. The third-order valence-electron chi connectivity index (χ3n) is 3.64. The molecule has 2 unspecified atom stereocenters. The molecule has 1 saturated carbocycles. The van der Waals surface area contributed by atoms with Crippen LogP contribution in [0.1, 0.15) is 46.0 Å². The standard InChI is InChI=1S/C13H27NO2/c1-11(2)14(8-5-9-15)12-6-4-7-13(10-12)16-3/h11-13,15H,4-10H2,1-3H3. The molecule has 96 valence electrons. The molecule has 0 aliphatic heterocycles. The van der Waals surface area contributed by atoms with Gasteiger partial charge in [0.2, 0.25) is 0 Å². The Kier molecular flexibility index (Phi) is 6.32. The number of aliphatic hydroxyl groups is 1. The van der Waals surface area contributed by atoms with Gasteiger partial charge in [-0.15, -0.1) is 0 Å². The van der Waals surface area contributed by atoms with E-state index in [9.17, 15) is 0 Å². The second-order valence-electron chi connectivity index (χ2n) is 5.09. The number of rotatable bonds is 6. The lowest BCUT2D eigenvalue weighted by Gasteiger charge is -2.39. The summed E-state index contributed by atoms with van der Waals surface area (Å²) in [7, 11) is 1.82. The summed E-state index contributed by atoms with van der Waals surface area (Å²) in [6, 6.07) is 1.21. The molecule has 0 aromatic heterocycles. The van der Waals surface area contributed by atoms with Crippen molar-refractivity contribution >= 4 is 0 Å². The van der Waals surface area contributed by atoms with Crippen LogP contribution in [0.25, 0.3) is 0 Å². The average molecular weight is 229 g/mol. The van der Waals surface area contributed by atoms with Crippen LogP contribution in [0, 0.1) is 0 Å². The van der Waals surface area contributed by atoms with E-state index in [1.165, 1.54) is 19.3 Å². The monoisotopic (exact) mass is 229 g/mol. The van der Waals surface area contributed by atoms with Crippen molar-refractivity contribution in [3.05, 3.63) is 0 Å². The first kappa shape index (κ1) is 13.9. The third-order valence-corrected chi connectivity index (χ3v) is 3.64. The number of methoxy groups -OCH3 is 1. The molecule has 16 heavy (non-hydrogen) atoms. The Labute approximate surface area is 99.8 Å². The van der Waals surface area contributed by atoms with Crippen LogP contribution in [-0.4, -0.2) is 48.5 Å². The van der Waals surface area contributed by atoms with Crippen LogP contribution in [0.4, 0.5) is 0 Å². The number of nitrogens with zero attached hydrogens (tertiary/aromatic N) is 1. The highest BCUT2D eigenvalue weighted by atomic mass is 16.5. The zero-order valence-corrected chi connectivity index (χ0v) is 11.0. The number of aliphatic hydroxyl groups excluding tert-OH is 1. The lowest BCUT2D eigenvalue weighted by atomic mass is 9.91. The van der Waals surface area contributed by atoms with Crippen LogP contribution >= 0.6 is 0 Å². The lowest BCUT2D eigenvalue weighted by Crippen LogP contribution is -2.45. The fraction of sp³-hybridized carbons (Fsp3) is 1.00. The van der Waals surface area contributed by atoms with Gasteiger partial charge in [-0.05, 0) is 46.0 Å². The first-order chi connectivity index (χ1) is 7.69. The van der Waals surface area contributed by atoms with Gasteiger partial charge < -0.3 is 9.84 Å². The second kappa shape index (κ2) is 7.25. The van der Waals surface area contributed by atoms with Gasteiger partial charge in [0.1, 0.15) is 0 Å². The number of hydrogen-bond acceptors (Lipinski definition) is 3. The predicted molar refractivity (Wildman–Crippen MR) is 66.6 cm³/mol. The molecule has 0 aromatic carbocycles. The van der Waals surface area contributed by atoms with E-state index in [0.29, 0.717) is 24.8 Å². The molecule has 1 aliphatic carbocycles. The fourth-order valence-corrected chi connectivity index (χ4v) is 2.75. The van der Waals surface area contributed by atoms with Gasteiger partial charge in [0.25, 0.3) is 0 Å². The molecule has 3 heteroatoms. The predicted octanol–water partition coefficient (Wildman–Crippen LogP) is 2.04. The highest BCUT2D eigenvalue weighted by molar-refractivity contribution is 4.82. The minimum Gasteiger partial charge on any atom is -0.396 e. The molecule has 3 nitrogen and oxygen atoms in total. The second-order valence-corrected chi connectivity index (χ2v) is 5.09. The number of ether oxygens (including phenoxy) is 1. The van der Waals surface area contributed by atoms with E-state index in [-0.39, 0.29) is 0 Å². The van der Waals surface area contributed by atoms with E-state index in [0.717, 1.165) is 19.4 Å². The first-order valence-electron chi connectivity index (χ1n) is 6.58. The largest absolute Gasteiger partial charge is 0.396 e. The molecule has 0 aromatic rings. The van der Waals surface area contributed by atoms with Gasteiger partial charge in [-0.2, -0.15) is 0 Å². The van der Waals surface area contributed by atoms with Crippen LogP contribution in [0.3, 0.4) is 0 Å². The molecule has 0 heterocycles. The van der Waals surface area contributed by atoms with Gasteiger partial charge in [-0.3, -0.25) is 4.90 Å². The SMILES string of the molecule is COC1CCCC(N(CCCO)C(C)C)C1. The molecule has 2 atom stereocenters. The van der Waals surface area contributed by atoms with E-state index < -0.39 is 0 Å². The van der Waals surface area contributed by atoms with Crippen molar-refractivity contribution in [1.82, 2.24) is 4.90 Å². The maximum atomic E-state index is 8.94. The fourth-order valence-electron chi connectivity index (χ4n) is 2.75. The van der Waals surface area contributed by atoms with Crippen molar-refractivity contribution < 1.29 is 9.84 Å². The Hall–Kier alpha value is -0.120. The molecular weight excluding hydrogens is 202 g/mol. The Balaban J connectivity index is 2.48. The van der Waals surface area contributed by atoms with Crippen molar-refractivity contribution in [1.29, 1.82) is 0 Å². The van der Waals surface area contributed by atoms with Crippen molar-refractivity contribution in [2.75, 3.05) is 20.3 Å². The Morgan fingerprint density at radius 2 is 2.12 bits per heavy atom. The van der Waals surface area contributed by atoms with Crippen LogP contribution in [-0.2, 0) is 4.74 Å². The average Bonchev–Trinajstić information content (AvgIpc) is 2.29. The van der Waals surface area contributed by atoms with E-state index in [1.54, 1.807) is 0 Å². The van der Waals surface area contributed by atoms with Crippen LogP contribution < -0.4 is 0 Å². The van der Waals surface area contributed by atoms with Gasteiger partial charge in [-0.25, -0.2) is 0 Å². The van der Waals surface area contributed by atoms with Gasteiger partial charge in [0.05, 0.1) is 6.10 Å². The molecular formula is C13H27NO2. The van der Waals surface area contributed by atoms with Crippen molar-refractivity contribution in [3.63, 3.8) is 0 Å². The normalized spacial score (nSPS) is 26.6. The maximum absolute atomic E-state index is 8.94. The molecule has 1 N–H and O–H groups in total. The molecule has 0 amide bonds. The topological polar surface area (TPSA) is 32.7 Å². The minimum absolute atomic E-state index is 0.295. The molecule has 0 radical (unpaired) electrons. The van der Waals surface area contributed by atoms with E-state index >= 15 is 0 Å². The molecule has 0 spiro atoms. The molecule has 0 bridgehead atoms. The van der Waals surface area contributed by atoms with Gasteiger partial charge in [0.15, 0.2) is 0 Å². The summed E-state index contributed by atoms with van der Waals surface area (Å²) in [4.78, 5) is 2.53. The maximum Gasteiger partial charge on any atom is 0.0586 e. The zero-order chi connectivity index (χ0) is 12.0. The lowest BCUT2D eigenvalue weighted by molar-refractivity contribution is 0.0170. The van der Waals surface area contributed by atoms with Gasteiger partial charge in [0, 0.05) is 32.3 Å². The molecule has 0 saturated heterocycles. The van der Waals surface area contributed by atoms with Crippen LogP contribution in [0.15, 0.2) is 0 Å².